The molecule has 3 amide bonds. The van der Waals surface area contributed by atoms with Gasteiger partial charge in [0.1, 0.15) is 11.0 Å². The first-order valence-electron chi connectivity index (χ1n) is 9.43. The molecule has 1 atom stereocenters. The smallest absolute Gasteiger partial charge is 0.318 e. The zero-order chi connectivity index (χ0) is 20.1. The third-order valence-electron chi connectivity index (χ3n) is 4.59. The first-order valence-corrected chi connectivity index (χ1v) is 10.3. The zero-order valence-corrected chi connectivity index (χ0v) is 17.2. The van der Waals surface area contributed by atoms with Crippen molar-refractivity contribution in [3.63, 3.8) is 0 Å². The average molecular weight is 403 g/mol. The van der Waals surface area contributed by atoms with Crippen molar-refractivity contribution in [1.82, 2.24) is 20.4 Å². The van der Waals surface area contributed by atoms with E-state index in [9.17, 15) is 9.59 Å². The molecule has 28 heavy (non-hydrogen) atoms. The van der Waals surface area contributed by atoms with Gasteiger partial charge < -0.3 is 15.1 Å². The summed E-state index contributed by atoms with van der Waals surface area (Å²) >= 11 is 1.35. The topological polar surface area (TPSA) is 90.5 Å². The molecule has 0 bridgehead atoms. The molecular weight excluding hydrogens is 376 g/mol. The van der Waals surface area contributed by atoms with Crippen LogP contribution in [0.3, 0.4) is 0 Å². The van der Waals surface area contributed by atoms with Gasteiger partial charge in [-0.1, -0.05) is 43.4 Å². The highest BCUT2D eigenvalue weighted by atomic mass is 32.1. The monoisotopic (exact) mass is 402 g/mol. The van der Waals surface area contributed by atoms with Gasteiger partial charge in [0.25, 0.3) is 0 Å². The second kappa shape index (κ2) is 9.01. The van der Waals surface area contributed by atoms with Crippen LogP contribution in [0.2, 0.25) is 0 Å². The van der Waals surface area contributed by atoms with Crippen LogP contribution in [0.4, 0.5) is 15.6 Å². The Morgan fingerprint density at radius 1 is 1.04 bits per heavy atom. The van der Waals surface area contributed by atoms with Crippen molar-refractivity contribution in [2.24, 2.45) is 0 Å². The van der Waals surface area contributed by atoms with Gasteiger partial charge in [0.15, 0.2) is 0 Å². The summed E-state index contributed by atoms with van der Waals surface area (Å²) in [6, 6.07) is 9.26. The molecule has 0 radical (unpaired) electrons. The molecule has 9 heteroatoms. The van der Waals surface area contributed by atoms with E-state index in [1.165, 1.54) is 11.3 Å². The van der Waals surface area contributed by atoms with E-state index in [0.717, 1.165) is 23.8 Å². The summed E-state index contributed by atoms with van der Waals surface area (Å²) < 4.78 is 0. The molecule has 2 aromatic rings. The first-order chi connectivity index (χ1) is 13.4. The number of carbonyl (C=O) groups excluding carboxylic acids is 2. The lowest BCUT2D eigenvalue weighted by Crippen LogP contribution is -2.54. The summed E-state index contributed by atoms with van der Waals surface area (Å²) in [5, 5.41) is 14.8. The second-order valence-corrected chi connectivity index (χ2v) is 8.08. The quantitative estimate of drug-likeness (QED) is 0.802. The highest BCUT2D eigenvalue weighted by molar-refractivity contribution is 7.15. The van der Waals surface area contributed by atoms with Crippen molar-refractivity contribution in [1.29, 1.82) is 0 Å². The van der Waals surface area contributed by atoms with Crippen LogP contribution in [-0.2, 0) is 4.79 Å². The maximum absolute atomic E-state index is 12.5. The minimum atomic E-state index is -0.661. The van der Waals surface area contributed by atoms with Crippen LogP contribution in [0.1, 0.15) is 31.7 Å². The summed E-state index contributed by atoms with van der Waals surface area (Å²) in [4.78, 5) is 28.8. The summed E-state index contributed by atoms with van der Waals surface area (Å²) in [7, 11) is 0. The number of hydrogen-bond acceptors (Lipinski definition) is 6. The van der Waals surface area contributed by atoms with E-state index < -0.39 is 6.04 Å². The van der Waals surface area contributed by atoms with Crippen LogP contribution < -0.4 is 15.5 Å². The predicted molar refractivity (Wildman–Crippen MR) is 111 cm³/mol. The Labute approximate surface area is 168 Å². The third-order valence-corrected chi connectivity index (χ3v) is 5.73. The SMILES string of the molecule is CC(C)c1nnc(NC(=O)[C@@H](C)NC(=O)N2CCN(c3ccccc3)CC2)s1. The maximum Gasteiger partial charge on any atom is 0.318 e. The molecule has 1 aliphatic heterocycles. The van der Waals surface area contributed by atoms with Crippen molar-refractivity contribution in [3.05, 3.63) is 35.3 Å². The van der Waals surface area contributed by atoms with E-state index in [1.807, 2.05) is 32.0 Å². The van der Waals surface area contributed by atoms with Crippen molar-refractivity contribution < 1.29 is 9.59 Å². The van der Waals surface area contributed by atoms with E-state index in [-0.39, 0.29) is 17.9 Å². The van der Waals surface area contributed by atoms with Crippen LogP contribution in [0.15, 0.2) is 30.3 Å². The molecule has 0 spiro atoms. The van der Waals surface area contributed by atoms with Crippen LogP contribution >= 0.6 is 11.3 Å². The molecule has 2 N–H and O–H groups in total. The van der Waals surface area contributed by atoms with Gasteiger partial charge in [0.2, 0.25) is 11.0 Å². The van der Waals surface area contributed by atoms with Crippen molar-refractivity contribution in [2.75, 3.05) is 36.4 Å². The molecule has 1 saturated heterocycles. The number of benzene rings is 1. The van der Waals surface area contributed by atoms with Crippen molar-refractivity contribution >= 4 is 34.1 Å². The summed E-state index contributed by atoms with van der Waals surface area (Å²) in [5.41, 5.74) is 1.16. The largest absolute Gasteiger partial charge is 0.368 e. The van der Waals surface area contributed by atoms with E-state index >= 15 is 0 Å². The second-order valence-electron chi connectivity index (χ2n) is 7.07. The van der Waals surface area contributed by atoms with Gasteiger partial charge in [-0.25, -0.2) is 4.79 Å². The summed E-state index contributed by atoms with van der Waals surface area (Å²) in [6.07, 6.45) is 0. The van der Waals surface area contributed by atoms with Gasteiger partial charge in [-0.2, -0.15) is 0 Å². The molecule has 3 rings (SSSR count). The zero-order valence-electron chi connectivity index (χ0n) is 16.4. The van der Waals surface area contributed by atoms with Gasteiger partial charge in [-0.05, 0) is 19.1 Å². The van der Waals surface area contributed by atoms with Gasteiger partial charge in [-0.15, -0.1) is 10.2 Å². The number of aromatic nitrogens is 2. The minimum absolute atomic E-state index is 0.226. The lowest BCUT2D eigenvalue weighted by atomic mass is 10.2. The number of nitrogens with one attached hydrogen (secondary N) is 2. The number of carbonyl (C=O) groups is 2. The molecule has 150 valence electrons. The minimum Gasteiger partial charge on any atom is -0.368 e. The van der Waals surface area contributed by atoms with Crippen molar-refractivity contribution in [3.8, 4) is 0 Å². The Balaban J connectivity index is 1.46. The Bertz CT molecular complexity index is 802. The summed E-state index contributed by atoms with van der Waals surface area (Å²) in [5.74, 6) is -0.0439. The Kier molecular flexibility index (Phi) is 6.45. The van der Waals surface area contributed by atoms with Crippen LogP contribution in [0.25, 0.3) is 0 Å². The van der Waals surface area contributed by atoms with Gasteiger partial charge in [0, 0.05) is 37.8 Å². The predicted octanol–water partition coefficient (Wildman–Crippen LogP) is 2.52. The van der Waals surface area contributed by atoms with Crippen LogP contribution in [0, 0.1) is 0 Å². The average Bonchev–Trinajstić information content (AvgIpc) is 3.17. The molecule has 0 aliphatic carbocycles. The highest BCUT2D eigenvalue weighted by Gasteiger charge is 2.24. The maximum atomic E-state index is 12.5. The molecular formula is C19H26N6O2S. The Morgan fingerprint density at radius 3 is 2.32 bits per heavy atom. The fourth-order valence-electron chi connectivity index (χ4n) is 2.88. The lowest BCUT2D eigenvalue weighted by Gasteiger charge is -2.36. The molecule has 0 unspecified atom stereocenters. The normalized spacial score (nSPS) is 15.4. The van der Waals surface area contributed by atoms with Crippen LogP contribution in [-0.4, -0.2) is 59.3 Å². The van der Waals surface area contributed by atoms with Crippen molar-refractivity contribution in [2.45, 2.75) is 32.7 Å². The van der Waals surface area contributed by atoms with E-state index in [4.69, 9.17) is 0 Å². The third kappa shape index (κ3) is 4.98. The number of para-hydroxylation sites is 1. The first kappa shape index (κ1) is 20.1. The number of anilines is 2. The lowest BCUT2D eigenvalue weighted by molar-refractivity contribution is -0.117. The number of urea groups is 1. The Morgan fingerprint density at radius 2 is 1.71 bits per heavy atom. The Hall–Kier alpha value is -2.68. The van der Waals surface area contributed by atoms with Gasteiger partial charge >= 0.3 is 6.03 Å². The summed E-state index contributed by atoms with van der Waals surface area (Å²) in [6.45, 7) is 8.46. The number of piperazine rings is 1. The van der Waals surface area contributed by atoms with Gasteiger partial charge in [0.05, 0.1) is 0 Å². The van der Waals surface area contributed by atoms with Crippen LogP contribution in [0.5, 0.6) is 0 Å². The highest BCUT2D eigenvalue weighted by Crippen LogP contribution is 2.22. The van der Waals surface area contributed by atoms with E-state index in [0.29, 0.717) is 18.2 Å². The fourth-order valence-corrected chi connectivity index (χ4v) is 3.63. The fraction of sp³-hybridized carbons (Fsp3) is 0.474. The molecule has 1 aromatic heterocycles. The van der Waals surface area contributed by atoms with E-state index in [2.05, 4.69) is 37.9 Å². The molecule has 1 fully saturated rings. The molecule has 1 aliphatic rings. The van der Waals surface area contributed by atoms with Gasteiger partial charge in [-0.3, -0.25) is 10.1 Å². The molecule has 1 aromatic carbocycles. The molecule has 2 heterocycles. The standard InChI is InChI=1S/C19H26N6O2S/c1-13(2)17-22-23-18(28-17)21-16(26)14(3)20-19(27)25-11-9-24(10-12-25)15-7-5-4-6-8-15/h4-8,13-14H,9-12H2,1-3H3,(H,20,27)(H,21,23,26)/t14-/m1/s1. The molecule has 0 saturated carbocycles. The van der Waals surface area contributed by atoms with E-state index in [1.54, 1.807) is 11.8 Å². The number of amides is 3. The number of nitrogens with zero attached hydrogens (tertiary/aromatic N) is 4. The molecule has 8 nitrogen and oxygen atoms in total. The number of hydrogen-bond donors (Lipinski definition) is 2. The number of rotatable bonds is 5.